The molecule has 116 heavy (non-hydrogen) atoms. The fraction of sp³-hybridized carbons (Fsp3) is 0.0192. The third-order valence-corrected chi connectivity index (χ3v) is 39.9. The zero-order valence-electron chi connectivity index (χ0n) is 63.8. The molecule has 6 aliphatic heterocycles. The van der Waals surface area contributed by atoms with Gasteiger partial charge in [-0.2, -0.15) is 0 Å². The molecule has 544 valence electrons. The Labute approximate surface area is 679 Å². The summed E-state index contributed by atoms with van der Waals surface area (Å²) in [6.07, 6.45) is 0. The molecule has 0 amide bonds. The second-order valence-electron chi connectivity index (χ2n) is 31.6. The van der Waals surface area contributed by atoms with Crippen molar-refractivity contribution >= 4 is 173 Å². The number of benzene rings is 17. The van der Waals surface area contributed by atoms with Crippen LogP contribution in [0.5, 0.6) is 57.5 Å². The maximum absolute atomic E-state index is 8.08. The van der Waals surface area contributed by atoms with Crippen molar-refractivity contribution in [2.75, 3.05) is 4.90 Å². The lowest BCUT2D eigenvalue weighted by molar-refractivity contribution is 0.452. The van der Waals surface area contributed by atoms with Crippen LogP contribution in [0, 0.1) is 13.8 Å². The number of nitrogens with zero attached hydrogens (tertiary/aromatic N) is 1. The molecule has 6 aliphatic rings. The fourth-order valence-electron chi connectivity index (χ4n) is 20.9. The van der Waals surface area contributed by atoms with Crippen molar-refractivity contribution in [2.45, 2.75) is 13.8 Å². The number of fused-ring (bicyclic) bond motifs is 12. The van der Waals surface area contributed by atoms with Crippen molar-refractivity contribution in [3.8, 4) is 57.5 Å². The predicted octanol–water partition coefficient (Wildman–Crippen LogP) is 10.3. The van der Waals surface area contributed by atoms with Crippen molar-refractivity contribution in [3.05, 3.63) is 412 Å². The van der Waals surface area contributed by atoms with Gasteiger partial charge in [-0.25, -0.2) is 0 Å². The van der Waals surface area contributed by atoms with Gasteiger partial charge in [0.1, 0.15) is 57.5 Å². The summed E-state index contributed by atoms with van der Waals surface area (Å²) in [5.74, 6) is 7.79. The number of hydrogen-bond donors (Lipinski definition) is 0. The van der Waals surface area contributed by atoms with Gasteiger partial charge in [0, 0.05) is 34.4 Å². The lowest BCUT2D eigenvalue weighted by Gasteiger charge is -2.44. The summed E-state index contributed by atoms with van der Waals surface area (Å²) < 4.78 is 38.7. The Morgan fingerprint density at radius 3 is 0.784 bits per heavy atom. The minimum absolute atomic E-state index is 0.277. The van der Waals surface area contributed by atoms with E-state index in [4.69, 9.17) is 23.7 Å². The van der Waals surface area contributed by atoms with Gasteiger partial charge in [-0.15, -0.1) is 0 Å². The minimum Gasteiger partial charge on any atom is -0.458 e. The molecule has 0 saturated carbocycles. The van der Waals surface area contributed by atoms with Crippen LogP contribution in [0.15, 0.2) is 400 Å². The summed E-state index contributed by atoms with van der Waals surface area (Å²) in [6.45, 7) is 3.55. The number of hydrogen-bond acceptors (Lipinski definition) is 6. The highest BCUT2D eigenvalue weighted by Crippen LogP contribution is 2.47. The van der Waals surface area contributed by atoms with Gasteiger partial charge in [0.05, 0.1) is 5.69 Å². The highest BCUT2D eigenvalue weighted by atomic mass is 28.3. The van der Waals surface area contributed by atoms with E-state index < -0.39 is 30.9 Å². The number of para-hydroxylation sites is 3. The van der Waals surface area contributed by atoms with Crippen LogP contribution in [0.1, 0.15) is 11.1 Å². The Morgan fingerprint density at radius 2 is 0.448 bits per heavy atom. The van der Waals surface area contributed by atoms with Crippen molar-refractivity contribution in [1.82, 2.24) is 0 Å². The second-order valence-corrected chi connectivity index (χ2v) is 43.0. The fourth-order valence-corrected chi connectivity index (χ4v) is 35.2. The summed E-state index contributed by atoms with van der Waals surface area (Å²) in [5, 5.41) is 14.9. The Kier molecular flexibility index (Phi) is 15.7. The zero-order valence-corrected chi connectivity index (χ0v) is 66.8. The molecule has 17 aromatic rings. The van der Waals surface area contributed by atoms with Crippen LogP contribution in [0.2, 0.25) is 0 Å². The molecule has 17 aromatic carbocycles. The Balaban J connectivity index is 0.795. The SMILES string of the molecule is Cc1cccc(C)c1N1c2cc3c(cc2B2c4ccccc4Oc4cc([Si](c5ccccc5)(c5ccccc5)c5ccccc5)cc1c42)B1c2cc4c(cc2Oc2cc([Si](c5ccccc5)(c5ccccc5)c5ccccc5)cc(c21)O3)Oc1cc([Si](c2ccccc2)(c2ccccc2)c2ccccc2)cc2c1B4c1ccccc1O2. The summed E-state index contributed by atoms with van der Waals surface area (Å²) in [7, 11) is -9.62. The highest BCUT2D eigenvalue weighted by molar-refractivity contribution is 7.21. The van der Waals surface area contributed by atoms with Gasteiger partial charge < -0.3 is 28.6 Å². The molecule has 23 rings (SSSR count). The Morgan fingerprint density at radius 1 is 0.190 bits per heavy atom. The van der Waals surface area contributed by atoms with E-state index in [2.05, 4.69) is 419 Å². The molecule has 0 spiro atoms. The first-order valence-corrected chi connectivity index (χ1v) is 46.2. The Hall–Kier alpha value is -13.6. The van der Waals surface area contributed by atoms with Crippen molar-refractivity contribution in [1.29, 1.82) is 0 Å². The normalized spacial score (nSPS) is 13.4. The Bertz CT molecular complexity index is 6490. The summed E-state index contributed by atoms with van der Waals surface area (Å²) in [6, 6.07) is 149. The maximum atomic E-state index is 8.08. The molecule has 0 aliphatic carbocycles. The summed E-state index contributed by atoms with van der Waals surface area (Å²) >= 11 is 0. The molecule has 0 bridgehead atoms. The molecule has 0 saturated heterocycles. The van der Waals surface area contributed by atoms with Gasteiger partial charge in [0.15, 0.2) is 24.2 Å². The molecule has 6 nitrogen and oxygen atoms in total. The van der Waals surface area contributed by atoms with Crippen LogP contribution in [0.25, 0.3) is 0 Å². The predicted molar refractivity (Wildman–Crippen MR) is 488 cm³/mol. The lowest BCUT2D eigenvalue weighted by Crippen LogP contribution is -2.75. The zero-order chi connectivity index (χ0) is 76.8. The highest BCUT2D eigenvalue weighted by Gasteiger charge is 2.53. The molecule has 0 aromatic heterocycles. The standard InChI is InChI=1S/C104H72B3NO5Si3/c1-69-35-34-36-70(2)104(69)108-89-67-93-86(65-85(89)105-83-55-30-32-57-91(83)109-96-60-80(59-90(108)101(96)105)114(71-37-12-3-13-38-71,72-39-14-4-15-40-72)73-41-16-5-17-42-73)107-88-66-87-94(68-95(88)113-100-64-82(63-99(111-93)103(100)107)116(77-49-24-9-25-50-77,78-51-26-10-27-52-78)79-53-28-11-29-54-79)112-98-62-81(61-97-102(98)106(87)84-56-31-33-58-92(84)110-97)115(74-43-18-6-19-44-74,75-45-20-7-21-46-75)76-47-22-8-23-48-76/h3-68H,1-2H3. The van der Waals surface area contributed by atoms with Crippen LogP contribution in [-0.2, 0) is 0 Å². The smallest absolute Gasteiger partial charge is 0.260 e. The third kappa shape index (κ3) is 10.0. The molecular formula is C104H72B3NO5Si3. The quantitative estimate of drug-likeness (QED) is 0.0847. The molecule has 0 radical (unpaired) electrons. The van der Waals surface area contributed by atoms with Crippen LogP contribution < -0.4 is 140 Å². The van der Waals surface area contributed by atoms with Crippen molar-refractivity contribution in [2.24, 2.45) is 0 Å². The molecule has 6 heterocycles. The molecule has 0 fully saturated rings. The summed E-state index contributed by atoms with van der Waals surface area (Å²) in [4.78, 5) is 2.58. The van der Waals surface area contributed by atoms with E-state index in [0.717, 1.165) is 145 Å². The molecule has 0 unspecified atom stereocenters. The molecule has 0 atom stereocenters. The molecular weight excluding hydrogens is 1460 g/mol. The van der Waals surface area contributed by atoms with Gasteiger partial charge in [-0.3, -0.25) is 0 Å². The third-order valence-electron chi connectivity index (χ3n) is 25.6. The van der Waals surface area contributed by atoms with E-state index in [1.165, 1.54) is 51.9 Å². The van der Waals surface area contributed by atoms with E-state index >= 15 is 0 Å². The monoisotopic (exact) mass is 1530 g/mol. The van der Waals surface area contributed by atoms with Crippen LogP contribution in [-0.4, -0.2) is 44.4 Å². The lowest BCUT2D eigenvalue weighted by atomic mass is 9.30. The van der Waals surface area contributed by atoms with E-state index in [0.29, 0.717) is 0 Å². The molecule has 0 N–H and O–H groups in total. The number of rotatable bonds is 13. The van der Waals surface area contributed by atoms with E-state index in [-0.39, 0.29) is 13.4 Å². The van der Waals surface area contributed by atoms with Gasteiger partial charge in [0.25, 0.3) is 20.1 Å². The number of ether oxygens (including phenoxy) is 5. The first kappa shape index (κ1) is 68.0. The van der Waals surface area contributed by atoms with Crippen molar-refractivity contribution < 1.29 is 23.7 Å². The largest absolute Gasteiger partial charge is 0.458 e. The number of anilines is 3. The average molecular weight is 1530 g/mol. The van der Waals surface area contributed by atoms with Gasteiger partial charge in [-0.1, -0.05) is 340 Å². The van der Waals surface area contributed by atoms with Crippen LogP contribution in [0.3, 0.4) is 0 Å². The average Bonchev–Trinajstić information content (AvgIpc) is 0.685. The first-order valence-electron chi connectivity index (χ1n) is 40.2. The van der Waals surface area contributed by atoms with Gasteiger partial charge in [-0.05, 0) is 174 Å². The summed E-state index contributed by atoms with van der Waals surface area (Å²) in [5.41, 5.74) is 15.1. The van der Waals surface area contributed by atoms with Crippen LogP contribution in [0.4, 0.5) is 17.1 Å². The minimum atomic E-state index is -3.27. The first-order chi connectivity index (χ1) is 57.3. The van der Waals surface area contributed by atoms with E-state index in [1.807, 2.05) is 0 Å². The van der Waals surface area contributed by atoms with Crippen molar-refractivity contribution in [3.63, 3.8) is 0 Å². The number of aryl methyl sites for hydroxylation is 2. The van der Waals surface area contributed by atoms with Gasteiger partial charge in [0.2, 0.25) is 0 Å². The topological polar surface area (TPSA) is 49.4 Å². The maximum Gasteiger partial charge on any atom is 0.260 e. The molecule has 12 heteroatoms. The van der Waals surface area contributed by atoms with Gasteiger partial charge >= 0.3 is 0 Å². The second kappa shape index (κ2) is 26.8. The van der Waals surface area contributed by atoms with Crippen LogP contribution >= 0.6 is 0 Å². The van der Waals surface area contributed by atoms with E-state index in [9.17, 15) is 0 Å². The van der Waals surface area contributed by atoms with E-state index in [1.54, 1.807) is 0 Å².